The minimum atomic E-state index is -4.47. The second kappa shape index (κ2) is 4.39. The Morgan fingerprint density at radius 2 is 2.30 bits per heavy atom. The first kappa shape index (κ1) is 12.8. The number of amides is 1. The van der Waals surface area contributed by atoms with Gasteiger partial charge in [-0.05, 0) is 12.1 Å². The second-order valence-electron chi connectivity index (χ2n) is 4.53. The SMILES string of the molecule is O=C1C[C@H](C(F)(F)F)c2cnn(Cc3ccco3)c2N1. The third-order valence-corrected chi connectivity index (χ3v) is 3.17. The molecule has 0 radical (unpaired) electrons. The summed E-state index contributed by atoms with van der Waals surface area (Å²) in [5, 5.41) is 6.36. The molecule has 1 aliphatic heterocycles. The van der Waals surface area contributed by atoms with Gasteiger partial charge in [-0.1, -0.05) is 0 Å². The number of alkyl halides is 3. The van der Waals surface area contributed by atoms with Gasteiger partial charge in [0.1, 0.15) is 18.1 Å². The zero-order chi connectivity index (χ0) is 14.3. The van der Waals surface area contributed by atoms with Crippen LogP contribution in [0.2, 0.25) is 0 Å². The molecule has 20 heavy (non-hydrogen) atoms. The van der Waals surface area contributed by atoms with Gasteiger partial charge in [-0.15, -0.1) is 0 Å². The smallest absolute Gasteiger partial charge is 0.396 e. The van der Waals surface area contributed by atoms with Gasteiger partial charge in [0, 0.05) is 12.0 Å². The average Bonchev–Trinajstić information content (AvgIpc) is 2.98. The van der Waals surface area contributed by atoms with Crippen LogP contribution in [-0.2, 0) is 11.3 Å². The number of hydrogen-bond acceptors (Lipinski definition) is 3. The molecule has 0 bridgehead atoms. The molecule has 1 N–H and O–H groups in total. The fourth-order valence-corrected chi connectivity index (χ4v) is 2.23. The van der Waals surface area contributed by atoms with Crippen LogP contribution in [0.15, 0.2) is 29.0 Å². The maximum atomic E-state index is 12.9. The number of anilines is 1. The van der Waals surface area contributed by atoms with Gasteiger partial charge in [0.15, 0.2) is 0 Å². The number of furan rings is 1. The molecule has 0 unspecified atom stereocenters. The van der Waals surface area contributed by atoms with E-state index < -0.39 is 24.4 Å². The fraction of sp³-hybridized carbons (Fsp3) is 0.333. The highest BCUT2D eigenvalue weighted by Gasteiger charge is 2.46. The molecule has 3 heterocycles. The summed E-state index contributed by atoms with van der Waals surface area (Å²) in [5.41, 5.74) is -0.0105. The summed E-state index contributed by atoms with van der Waals surface area (Å²) in [7, 11) is 0. The minimum Gasteiger partial charge on any atom is -0.467 e. The molecule has 3 rings (SSSR count). The number of halogens is 3. The third kappa shape index (κ3) is 2.17. The van der Waals surface area contributed by atoms with Crippen molar-refractivity contribution >= 4 is 11.7 Å². The van der Waals surface area contributed by atoms with Crippen LogP contribution in [0.1, 0.15) is 23.7 Å². The molecule has 106 valence electrons. The molecule has 0 spiro atoms. The van der Waals surface area contributed by atoms with E-state index in [2.05, 4.69) is 10.4 Å². The summed E-state index contributed by atoms with van der Waals surface area (Å²) in [5.74, 6) is -1.85. The Labute approximate surface area is 111 Å². The van der Waals surface area contributed by atoms with Gasteiger partial charge < -0.3 is 9.73 Å². The van der Waals surface area contributed by atoms with Crippen LogP contribution in [0, 0.1) is 0 Å². The van der Waals surface area contributed by atoms with Crippen molar-refractivity contribution in [3.63, 3.8) is 0 Å². The fourth-order valence-electron chi connectivity index (χ4n) is 2.23. The molecule has 2 aromatic heterocycles. The van der Waals surface area contributed by atoms with E-state index in [1.54, 1.807) is 12.1 Å². The molecule has 0 fully saturated rings. The zero-order valence-corrected chi connectivity index (χ0v) is 10.1. The first-order valence-corrected chi connectivity index (χ1v) is 5.90. The molecule has 0 saturated carbocycles. The molecule has 1 amide bonds. The van der Waals surface area contributed by atoms with Gasteiger partial charge in [0.05, 0.1) is 18.4 Å². The van der Waals surface area contributed by atoms with Crippen molar-refractivity contribution in [2.24, 2.45) is 0 Å². The minimum absolute atomic E-state index is 0.0105. The van der Waals surface area contributed by atoms with E-state index in [-0.39, 0.29) is 17.9 Å². The Morgan fingerprint density at radius 1 is 1.50 bits per heavy atom. The molecule has 1 aliphatic rings. The Hall–Kier alpha value is -2.25. The summed E-state index contributed by atoms with van der Waals surface area (Å²) in [4.78, 5) is 11.5. The summed E-state index contributed by atoms with van der Waals surface area (Å²) in [6.45, 7) is 0.160. The number of nitrogens with one attached hydrogen (secondary N) is 1. The molecule has 5 nitrogen and oxygen atoms in total. The lowest BCUT2D eigenvalue weighted by Crippen LogP contribution is -2.32. The lowest BCUT2D eigenvalue weighted by molar-refractivity contribution is -0.156. The summed E-state index contributed by atoms with van der Waals surface area (Å²) >= 11 is 0. The Kier molecular flexibility index (Phi) is 2.81. The van der Waals surface area contributed by atoms with Crippen LogP contribution in [0.25, 0.3) is 0 Å². The maximum Gasteiger partial charge on any atom is 0.396 e. The summed E-state index contributed by atoms with van der Waals surface area (Å²) < 4.78 is 45.3. The summed E-state index contributed by atoms with van der Waals surface area (Å²) in [6.07, 6.45) is -2.47. The van der Waals surface area contributed by atoms with Gasteiger partial charge in [0.2, 0.25) is 5.91 Å². The highest BCUT2D eigenvalue weighted by molar-refractivity contribution is 5.93. The van der Waals surface area contributed by atoms with Gasteiger partial charge in [0.25, 0.3) is 0 Å². The van der Waals surface area contributed by atoms with Crippen LogP contribution >= 0.6 is 0 Å². The van der Waals surface area contributed by atoms with Crippen molar-refractivity contribution in [2.45, 2.75) is 25.1 Å². The number of carbonyl (C=O) groups is 1. The van der Waals surface area contributed by atoms with Crippen LogP contribution < -0.4 is 5.32 Å². The van der Waals surface area contributed by atoms with E-state index in [0.717, 1.165) is 6.20 Å². The van der Waals surface area contributed by atoms with E-state index in [1.807, 2.05) is 0 Å². The van der Waals surface area contributed by atoms with Crippen molar-refractivity contribution in [1.29, 1.82) is 0 Å². The number of nitrogens with zero attached hydrogens (tertiary/aromatic N) is 2. The van der Waals surface area contributed by atoms with Crippen LogP contribution in [-0.4, -0.2) is 21.9 Å². The van der Waals surface area contributed by atoms with E-state index in [0.29, 0.717) is 5.76 Å². The number of rotatable bonds is 2. The number of carbonyl (C=O) groups excluding carboxylic acids is 1. The zero-order valence-electron chi connectivity index (χ0n) is 10.1. The van der Waals surface area contributed by atoms with E-state index in [1.165, 1.54) is 10.9 Å². The quantitative estimate of drug-likeness (QED) is 0.922. The van der Waals surface area contributed by atoms with Gasteiger partial charge in [-0.3, -0.25) is 4.79 Å². The molecule has 0 saturated heterocycles. The maximum absolute atomic E-state index is 12.9. The van der Waals surface area contributed by atoms with Crippen molar-refractivity contribution in [3.05, 3.63) is 35.9 Å². The van der Waals surface area contributed by atoms with Crippen molar-refractivity contribution < 1.29 is 22.4 Å². The highest BCUT2D eigenvalue weighted by atomic mass is 19.4. The average molecular weight is 285 g/mol. The molecule has 0 aliphatic carbocycles. The van der Waals surface area contributed by atoms with Crippen molar-refractivity contribution in [3.8, 4) is 0 Å². The number of aromatic nitrogens is 2. The van der Waals surface area contributed by atoms with Crippen LogP contribution in [0.3, 0.4) is 0 Å². The van der Waals surface area contributed by atoms with Crippen LogP contribution in [0.4, 0.5) is 19.0 Å². The first-order valence-electron chi connectivity index (χ1n) is 5.90. The Balaban J connectivity index is 1.97. The molecule has 1 atom stereocenters. The van der Waals surface area contributed by atoms with E-state index >= 15 is 0 Å². The Morgan fingerprint density at radius 3 is 2.95 bits per heavy atom. The van der Waals surface area contributed by atoms with E-state index in [9.17, 15) is 18.0 Å². The second-order valence-corrected chi connectivity index (χ2v) is 4.53. The van der Waals surface area contributed by atoms with Crippen molar-refractivity contribution in [2.75, 3.05) is 5.32 Å². The molecule has 2 aromatic rings. The molecule has 0 aromatic carbocycles. The van der Waals surface area contributed by atoms with Crippen LogP contribution in [0.5, 0.6) is 0 Å². The topological polar surface area (TPSA) is 60.1 Å². The lowest BCUT2D eigenvalue weighted by Gasteiger charge is -2.25. The monoisotopic (exact) mass is 285 g/mol. The first-order chi connectivity index (χ1) is 9.45. The lowest BCUT2D eigenvalue weighted by atomic mass is 9.94. The van der Waals surface area contributed by atoms with Crippen molar-refractivity contribution in [1.82, 2.24) is 9.78 Å². The van der Waals surface area contributed by atoms with Gasteiger partial charge in [-0.25, -0.2) is 4.68 Å². The highest BCUT2D eigenvalue weighted by Crippen LogP contribution is 2.43. The standard InChI is InChI=1S/C12H10F3N3O2/c13-12(14,15)9-4-10(19)17-11-8(9)5-16-18(11)6-7-2-1-3-20-7/h1-3,5,9H,4,6H2,(H,17,19)/t9-/m0/s1. The largest absolute Gasteiger partial charge is 0.467 e. The van der Waals surface area contributed by atoms with Gasteiger partial charge >= 0.3 is 6.18 Å². The molecular formula is C12H10F3N3O2. The Bertz CT molecular complexity index is 631. The molecular weight excluding hydrogens is 275 g/mol. The number of hydrogen-bond donors (Lipinski definition) is 1. The predicted octanol–water partition coefficient (Wildman–Crippen LogP) is 2.51. The third-order valence-electron chi connectivity index (χ3n) is 3.17. The normalized spacial score (nSPS) is 18.8. The predicted molar refractivity (Wildman–Crippen MR) is 62.1 cm³/mol. The molecule has 8 heteroatoms. The summed E-state index contributed by atoms with van der Waals surface area (Å²) in [6, 6.07) is 3.35. The van der Waals surface area contributed by atoms with Gasteiger partial charge in [-0.2, -0.15) is 18.3 Å². The van der Waals surface area contributed by atoms with E-state index in [4.69, 9.17) is 4.42 Å². The number of fused-ring (bicyclic) bond motifs is 1.